The summed E-state index contributed by atoms with van der Waals surface area (Å²) in [4.78, 5) is 28.4. The molecule has 4 aromatic rings. The highest BCUT2D eigenvalue weighted by molar-refractivity contribution is 5.93. The van der Waals surface area contributed by atoms with E-state index < -0.39 is 11.8 Å². The van der Waals surface area contributed by atoms with Crippen LogP contribution in [0.15, 0.2) is 109 Å². The lowest BCUT2D eigenvalue weighted by atomic mass is 10.1. The van der Waals surface area contributed by atoms with Gasteiger partial charge in [0.15, 0.2) is 6.61 Å². The molecule has 1 aromatic heterocycles. The molecule has 0 bridgehead atoms. The highest BCUT2D eigenvalue weighted by atomic mass is 16.5. The van der Waals surface area contributed by atoms with Crippen LogP contribution >= 0.6 is 0 Å². The maximum atomic E-state index is 12.2. The fourth-order valence-corrected chi connectivity index (χ4v) is 3.29. The van der Waals surface area contributed by atoms with Gasteiger partial charge in [0, 0.05) is 17.8 Å². The Labute approximate surface area is 209 Å². The molecule has 0 aliphatic carbocycles. The van der Waals surface area contributed by atoms with Crippen LogP contribution in [0.1, 0.15) is 11.3 Å². The summed E-state index contributed by atoms with van der Waals surface area (Å²) in [5.41, 5.74) is 8.21. The molecule has 4 rings (SSSR count). The van der Waals surface area contributed by atoms with Gasteiger partial charge in [-0.25, -0.2) is 0 Å². The van der Waals surface area contributed by atoms with Crippen molar-refractivity contribution >= 4 is 17.9 Å². The first-order valence-electron chi connectivity index (χ1n) is 11.3. The van der Waals surface area contributed by atoms with E-state index in [9.17, 15) is 9.59 Å². The Morgan fingerprint density at radius 1 is 0.778 bits per heavy atom. The van der Waals surface area contributed by atoms with Crippen LogP contribution in [0.2, 0.25) is 0 Å². The minimum Gasteiger partial charge on any atom is -0.487 e. The molecule has 0 unspecified atom stereocenters. The standard InChI is InChI=1S/C29H25N3O4/c33-28(18-15-22-13-16-25(17-14-22)35-20-24-10-6-7-19-30-24)31-32-29(34)21-36-27-12-5-4-11-26(27)23-8-2-1-3-9-23/h1-19H,20-21H2,(H,31,33)(H,32,34)/b18-15+. The zero-order valence-electron chi connectivity index (χ0n) is 19.5. The molecule has 1 heterocycles. The number of nitrogens with zero attached hydrogens (tertiary/aromatic N) is 1. The van der Waals surface area contributed by atoms with E-state index in [1.165, 1.54) is 6.08 Å². The third kappa shape index (κ3) is 7.30. The zero-order chi connectivity index (χ0) is 25.0. The lowest BCUT2D eigenvalue weighted by Gasteiger charge is -2.12. The van der Waals surface area contributed by atoms with Crippen molar-refractivity contribution in [3.05, 3.63) is 121 Å². The van der Waals surface area contributed by atoms with E-state index in [4.69, 9.17) is 9.47 Å². The number of carbonyl (C=O) groups is 2. The number of hydrogen-bond acceptors (Lipinski definition) is 5. The van der Waals surface area contributed by atoms with Gasteiger partial charge in [0.25, 0.3) is 11.8 Å². The molecular weight excluding hydrogens is 454 g/mol. The van der Waals surface area contributed by atoms with Gasteiger partial charge in [-0.2, -0.15) is 0 Å². The van der Waals surface area contributed by atoms with Crippen LogP contribution in [0.4, 0.5) is 0 Å². The minimum atomic E-state index is -0.478. The fourth-order valence-electron chi connectivity index (χ4n) is 3.29. The van der Waals surface area contributed by atoms with Gasteiger partial charge in [-0.05, 0) is 47.5 Å². The summed E-state index contributed by atoms with van der Waals surface area (Å²) in [5, 5.41) is 0. The second kappa shape index (κ2) is 12.5. The molecule has 0 atom stereocenters. The van der Waals surface area contributed by atoms with Crippen LogP contribution in [0.3, 0.4) is 0 Å². The van der Waals surface area contributed by atoms with E-state index in [2.05, 4.69) is 15.8 Å². The molecule has 2 N–H and O–H groups in total. The first kappa shape index (κ1) is 24.2. The van der Waals surface area contributed by atoms with E-state index in [-0.39, 0.29) is 6.61 Å². The summed E-state index contributed by atoms with van der Waals surface area (Å²) >= 11 is 0. The van der Waals surface area contributed by atoms with E-state index in [1.807, 2.05) is 91.0 Å². The molecule has 7 nitrogen and oxygen atoms in total. The Kier molecular flexibility index (Phi) is 8.43. The molecule has 0 fully saturated rings. The van der Waals surface area contributed by atoms with E-state index >= 15 is 0 Å². The lowest BCUT2D eigenvalue weighted by Crippen LogP contribution is -2.43. The molecule has 0 saturated carbocycles. The van der Waals surface area contributed by atoms with E-state index in [0.29, 0.717) is 18.1 Å². The van der Waals surface area contributed by atoms with Crippen LogP contribution in [-0.2, 0) is 16.2 Å². The average Bonchev–Trinajstić information content (AvgIpc) is 2.94. The molecule has 0 aliphatic rings. The predicted octanol–water partition coefficient (Wildman–Crippen LogP) is 4.57. The first-order chi connectivity index (χ1) is 17.7. The number of rotatable bonds is 9. The quantitative estimate of drug-likeness (QED) is 0.271. The summed E-state index contributed by atoms with van der Waals surface area (Å²) in [6.07, 6.45) is 4.68. The van der Waals surface area contributed by atoms with Gasteiger partial charge in [0.05, 0.1) is 5.69 Å². The Hall–Kier alpha value is -4.91. The Bertz CT molecular complexity index is 1310. The molecule has 36 heavy (non-hydrogen) atoms. The lowest BCUT2D eigenvalue weighted by molar-refractivity contribution is -0.128. The average molecular weight is 480 g/mol. The first-order valence-corrected chi connectivity index (χ1v) is 11.3. The van der Waals surface area contributed by atoms with Crippen molar-refractivity contribution in [3.8, 4) is 22.6 Å². The van der Waals surface area contributed by atoms with Crippen molar-refractivity contribution in [1.29, 1.82) is 0 Å². The smallest absolute Gasteiger partial charge is 0.276 e. The van der Waals surface area contributed by atoms with Crippen molar-refractivity contribution in [2.75, 3.05) is 6.61 Å². The second-order valence-corrected chi connectivity index (χ2v) is 7.70. The van der Waals surface area contributed by atoms with Crippen LogP contribution in [0, 0.1) is 0 Å². The third-order valence-electron chi connectivity index (χ3n) is 5.08. The maximum Gasteiger partial charge on any atom is 0.276 e. The van der Waals surface area contributed by atoms with E-state index in [1.54, 1.807) is 18.3 Å². The number of nitrogens with one attached hydrogen (secondary N) is 2. The highest BCUT2D eigenvalue weighted by Gasteiger charge is 2.08. The van der Waals surface area contributed by atoms with Crippen LogP contribution in [0.5, 0.6) is 11.5 Å². The van der Waals surface area contributed by atoms with Gasteiger partial charge < -0.3 is 9.47 Å². The minimum absolute atomic E-state index is 0.242. The fraction of sp³-hybridized carbons (Fsp3) is 0.0690. The molecule has 0 aliphatic heterocycles. The highest BCUT2D eigenvalue weighted by Crippen LogP contribution is 2.29. The molecule has 0 radical (unpaired) electrons. The second-order valence-electron chi connectivity index (χ2n) is 7.70. The van der Waals surface area contributed by atoms with Gasteiger partial charge >= 0.3 is 0 Å². The Morgan fingerprint density at radius 2 is 1.53 bits per heavy atom. The third-order valence-corrected chi connectivity index (χ3v) is 5.08. The van der Waals surface area contributed by atoms with Crippen molar-refractivity contribution in [2.45, 2.75) is 6.61 Å². The monoisotopic (exact) mass is 479 g/mol. The summed E-state index contributed by atoms with van der Waals surface area (Å²) in [6.45, 7) is 0.132. The number of para-hydroxylation sites is 1. The molecule has 180 valence electrons. The van der Waals surface area contributed by atoms with Gasteiger partial charge in [-0.15, -0.1) is 0 Å². The number of benzene rings is 3. The zero-order valence-corrected chi connectivity index (χ0v) is 19.5. The molecule has 0 spiro atoms. The number of amides is 2. The number of aromatic nitrogens is 1. The summed E-state index contributed by atoms with van der Waals surface area (Å²) in [6, 6.07) is 30.2. The SMILES string of the molecule is O=C(/C=C/c1ccc(OCc2ccccn2)cc1)NNC(=O)COc1ccccc1-c1ccccc1. The topological polar surface area (TPSA) is 89.5 Å². The van der Waals surface area contributed by atoms with Crippen molar-refractivity contribution in [3.63, 3.8) is 0 Å². The van der Waals surface area contributed by atoms with Gasteiger partial charge in [-0.1, -0.05) is 66.7 Å². The largest absolute Gasteiger partial charge is 0.487 e. The number of pyridine rings is 1. The van der Waals surface area contributed by atoms with Crippen molar-refractivity contribution in [1.82, 2.24) is 15.8 Å². The molecule has 7 heteroatoms. The van der Waals surface area contributed by atoms with Gasteiger partial charge in [-0.3, -0.25) is 25.4 Å². The predicted molar refractivity (Wildman–Crippen MR) is 138 cm³/mol. The Morgan fingerprint density at radius 3 is 2.31 bits per heavy atom. The Balaban J connectivity index is 1.21. The molecular formula is C29H25N3O4. The van der Waals surface area contributed by atoms with Crippen LogP contribution < -0.4 is 20.3 Å². The number of hydrazine groups is 1. The summed E-state index contributed by atoms with van der Waals surface area (Å²) in [7, 11) is 0. The van der Waals surface area contributed by atoms with Crippen molar-refractivity contribution in [2.24, 2.45) is 0 Å². The molecule has 0 saturated heterocycles. The van der Waals surface area contributed by atoms with Crippen LogP contribution in [-0.4, -0.2) is 23.4 Å². The maximum absolute atomic E-state index is 12.2. The summed E-state index contributed by atoms with van der Waals surface area (Å²) < 4.78 is 11.4. The normalized spacial score (nSPS) is 10.6. The molecule has 2 amide bonds. The number of carbonyl (C=O) groups excluding carboxylic acids is 2. The van der Waals surface area contributed by atoms with Crippen molar-refractivity contribution < 1.29 is 19.1 Å². The number of ether oxygens (including phenoxy) is 2. The number of hydrogen-bond donors (Lipinski definition) is 2. The molecule has 3 aromatic carbocycles. The van der Waals surface area contributed by atoms with Gasteiger partial charge in [0.2, 0.25) is 0 Å². The summed E-state index contributed by atoms with van der Waals surface area (Å²) in [5.74, 6) is 0.332. The van der Waals surface area contributed by atoms with E-state index in [0.717, 1.165) is 22.4 Å². The van der Waals surface area contributed by atoms with Crippen LogP contribution in [0.25, 0.3) is 17.2 Å². The van der Waals surface area contributed by atoms with Gasteiger partial charge in [0.1, 0.15) is 18.1 Å².